The van der Waals surface area contributed by atoms with Crippen LogP contribution in [0.15, 0.2) is 24.3 Å². The number of carboxylic acids is 1. The first kappa shape index (κ1) is 17.1. The smallest absolute Gasteiger partial charge is 0.332 e. The Balaban J connectivity index is 1.60. The Bertz CT molecular complexity index is 530. The van der Waals surface area contributed by atoms with Crippen molar-refractivity contribution in [3.63, 3.8) is 0 Å². The topological polar surface area (TPSA) is 94.1 Å². The first-order chi connectivity index (χ1) is 11.1. The van der Waals surface area contributed by atoms with Gasteiger partial charge in [0.05, 0.1) is 13.7 Å². The quantitative estimate of drug-likeness (QED) is 0.699. The van der Waals surface area contributed by atoms with Crippen LogP contribution < -0.4 is 14.8 Å². The first-order valence-electron chi connectivity index (χ1n) is 7.53. The average molecular weight is 323 g/mol. The summed E-state index contributed by atoms with van der Waals surface area (Å²) in [4.78, 5) is 22.6. The number of carbonyl (C=O) groups is 2. The second-order valence-corrected chi connectivity index (χ2v) is 5.20. The van der Waals surface area contributed by atoms with E-state index in [-0.39, 0.29) is 5.91 Å². The lowest BCUT2D eigenvalue weighted by Crippen LogP contribution is -2.36. The molecule has 7 heteroatoms. The van der Waals surface area contributed by atoms with Crippen LogP contribution in [0.5, 0.6) is 11.5 Å². The van der Waals surface area contributed by atoms with Crippen LogP contribution in [0.1, 0.15) is 19.3 Å². The van der Waals surface area contributed by atoms with E-state index >= 15 is 0 Å². The van der Waals surface area contributed by atoms with Gasteiger partial charge in [0.25, 0.3) is 0 Å². The van der Waals surface area contributed by atoms with E-state index in [2.05, 4.69) is 5.32 Å². The van der Waals surface area contributed by atoms with Crippen LogP contribution in [0.2, 0.25) is 0 Å². The van der Waals surface area contributed by atoms with Crippen LogP contribution in [0, 0.1) is 0 Å². The highest BCUT2D eigenvalue weighted by molar-refractivity contribution is 5.82. The second kappa shape index (κ2) is 8.38. The summed E-state index contributed by atoms with van der Waals surface area (Å²) >= 11 is 0. The van der Waals surface area contributed by atoms with Crippen molar-refractivity contribution in [1.82, 2.24) is 5.32 Å². The van der Waals surface area contributed by atoms with Crippen LogP contribution in [-0.4, -0.2) is 49.5 Å². The molecular formula is C16H21NO6. The molecule has 0 aliphatic carbocycles. The predicted octanol–water partition coefficient (Wildman–Crippen LogP) is 1.21. The molecule has 2 N–H and O–H groups in total. The highest BCUT2D eigenvalue weighted by Gasteiger charge is 2.34. The molecule has 1 aromatic carbocycles. The maximum atomic E-state index is 11.8. The number of rotatable bonds is 8. The van der Waals surface area contributed by atoms with Crippen LogP contribution in [0.3, 0.4) is 0 Å². The van der Waals surface area contributed by atoms with Crippen molar-refractivity contribution in [1.29, 1.82) is 0 Å². The third-order valence-electron chi connectivity index (χ3n) is 3.54. The number of ether oxygens (including phenoxy) is 3. The summed E-state index contributed by atoms with van der Waals surface area (Å²) in [5.74, 6) is 0.216. The van der Waals surface area contributed by atoms with E-state index < -0.39 is 18.2 Å². The number of benzene rings is 1. The Labute approximate surface area is 134 Å². The first-order valence-corrected chi connectivity index (χ1v) is 7.53. The molecule has 1 amide bonds. The number of carboxylic acid groups (broad SMARTS) is 1. The molecular weight excluding hydrogens is 302 g/mol. The van der Waals surface area contributed by atoms with Gasteiger partial charge in [-0.3, -0.25) is 4.79 Å². The van der Waals surface area contributed by atoms with Gasteiger partial charge in [0.2, 0.25) is 5.91 Å². The maximum Gasteiger partial charge on any atom is 0.332 e. The molecule has 0 saturated carbocycles. The van der Waals surface area contributed by atoms with E-state index in [1.165, 1.54) is 0 Å². The highest BCUT2D eigenvalue weighted by Crippen LogP contribution is 2.20. The molecule has 0 unspecified atom stereocenters. The van der Waals surface area contributed by atoms with Crippen molar-refractivity contribution in [3.05, 3.63) is 24.3 Å². The van der Waals surface area contributed by atoms with Gasteiger partial charge < -0.3 is 24.6 Å². The van der Waals surface area contributed by atoms with Crippen LogP contribution in [-0.2, 0) is 14.3 Å². The summed E-state index contributed by atoms with van der Waals surface area (Å²) in [5, 5.41) is 11.6. The minimum absolute atomic E-state index is 0.266. The summed E-state index contributed by atoms with van der Waals surface area (Å²) in [7, 11) is 1.60. The van der Waals surface area contributed by atoms with Crippen molar-refractivity contribution in [2.24, 2.45) is 0 Å². The Kier molecular flexibility index (Phi) is 6.22. The Hall–Kier alpha value is -2.28. The van der Waals surface area contributed by atoms with Gasteiger partial charge in [-0.25, -0.2) is 4.79 Å². The molecule has 7 nitrogen and oxygen atoms in total. The Morgan fingerprint density at radius 2 is 1.87 bits per heavy atom. The molecule has 1 heterocycles. The number of carbonyl (C=O) groups excluding carboxylic acids is 1. The fourth-order valence-electron chi connectivity index (χ4n) is 2.27. The third-order valence-corrected chi connectivity index (χ3v) is 3.54. The number of nitrogens with one attached hydrogen (secondary N) is 1. The SMILES string of the molecule is COc1ccc(OCCCNC(=O)[C@@H]2CC[C@H](C(=O)O)O2)cc1. The zero-order chi connectivity index (χ0) is 16.7. The molecule has 1 saturated heterocycles. The molecule has 2 rings (SSSR count). The predicted molar refractivity (Wildman–Crippen MR) is 81.6 cm³/mol. The standard InChI is InChI=1S/C16H21NO6/c1-21-11-3-5-12(6-4-11)22-10-2-9-17-15(18)13-7-8-14(23-13)16(19)20/h3-6,13-14H,2,7-10H2,1H3,(H,17,18)(H,19,20)/t13-,14+/m0/s1. The number of methoxy groups -OCH3 is 1. The van der Waals surface area contributed by atoms with Gasteiger partial charge in [0.15, 0.2) is 6.10 Å². The van der Waals surface area contributed by atoms with Crippen molar-refractivity contribution < 1.29 is 28.9 Å². The normalized spacial score (nSPS) is 20.0. The number of amides is 1. The van der Waals surface area contributed by atoms with Crippen molar-refractivity contribution >= 4 is 11.9 Å². The largest absolute Gasteiger partial charge is 0.497 e. The summed E-state index contributed by atoms with van der Waals surface area (Å²) in [6, 6.07) is 7.26. The molecule has 1 aliphatic heterocycles. The molecule has 1 aromatic rings. The van der Waals surface area contributed by atoms with E-state index in [9.17, 15) is 9.59 Å². The minimum atomic E-state index is -1.02. The monoisotopic (exact) mass is 323 g/mol. The lowest BCUT2D eigenvalue weighted by Gasteiger charge is -2.12. The van der Waals surface area contributed by atoms with Gasteiger partial charge in [-0.1, -0.05) is 0 Å². The number of hydrogen-bond acceptors (Lipinski definition) is 5. The molecule has 2 atom stereocenters. The average Bonchev–Trinajstić information content (AvgIpc) is 3.05. The van der Waals surface area contributed by atoms with Gasteiger partial charge in [0, 0.05) is 6.54 Å². The lowest BCUT2D eigenvalue weighted by molar-refractivity contribution is -0.151. The zero-order valence-electron chi connectivity index (χ0n) is 13.0. The zero-order valence-corrected chi connectivity index (χ0v) is 13.0. The maximum absolute atomic E-state index is 11.8. The fourth-order valence-corrected chi connectivity index (χ4v) is 2.27. The summed E-state index contributed by atoms with van der Waals surface area (Å²) in [6.45, 7) is 0.919. The van der Waals surface area contributed by atoms with Crippen molar-refractivity contribution in [2.75, 3.05) is 20.3 Å². The van der Waals surface area contributed by atoms with Crippen molar-refractivity contribution in [2.45, 2.75) is 31.5 Å². The molecule has 1 aliphatic rings. The van der Waals surface area contributed by atoms with E-state index in [0.29, 0.717) is 32.4 Å². The van der Waals surface area contributed by atoms with Crippen LogP contribution in [0.4, 0.5) is 0 Å². The Morgan fingerprint density at radius 3 is 2.48 bits per heavy atom. The number of hydrogen-bond donors (Lipinski definition) is 2. The molecule has 126 valence electrons. The van der Waals surface area contributed by atoms with Crippen LogP contribution in [0.25, 0.3) is 0 Å². The molecule has 0 bridgehead atoms. The molecule has 0 spiro atoms. The van der Waals surface area contributed by atoms with Gasteiger partial charge in [-0.2, -0.15) is 0 Å². The van der Waals surface area contributed by atoms with E-state index in [0.717, 1.165) is 11.5 Å². The van der Waals surface area contributed by atoms with Gasteiger partial charge in [0.1, 0.15) is 17.6 Å². The van der Waals surface area contributed by atoms with Gasteiger partial charge >= 0.3 is 5.97 Å². The van der Waals surface area contributed by atoms with E-state index in [4.69, 9.17) is 19.3 Å². The number of aliphatic carboxylic acids is 1. The van der Waals surface area contributed by atoms with E-state index in [1.54, 1.807) is 7.11 Å². The third kappa shape index (κ3) is 5.14. The lowest BCUT2D eigenvalue weighted by atomic mass is 10.2. The van der Waals surface area contributed by atoms with Gasteiger partial charge in [-0.15, -0.1) is 0 Å². The molecule has 0 radical (unpaired) electrons. The Morgan fingerprint density at radius 1 is 1.22 bits per heavy atom. The summed E-state index contributed by atoms with van der Waals surface area (Å²) in [6.07, 6.45) is -0.0887. The molecule has 1 fully saturated rings. The van der Waals surface area contributed by atoms with E-state index in [1.807, 2.05) is 24.3 Å². The second-order valence-electron chi connectivity index (χ2n) is 5.20. The fraction of sp³-hybridized carbons (Fsp3) is 0.500. The van der Waals surface area contributed by atoms with Crippen LogP contribution >= 0.6 is 0 Å². The van der Waals surface area contributed by atoms with Crippen molar-refractivity contribution in [3.8, 4) is 11.5 Å². The highest BCUT2D eigenvalue weighted by atomic mass is 16.5. The molecule has 0 aromatic heterocycles. The van der Waals surface area contributed by atoms with Gasteiger partial charge in [-0.05, 0) is 43.5 Å². The molecule has 23 heavy (non-hydrogen) atoms. The summed E-state index contributed by atoms with van der Waals surface area (Å²) in [5.41, 5.74) is 0. The summed E-state index contributed by atoms with van der Waals surface area (Å²) < 4.78 is 15.8. The minimum Gasteiger partial charge on any atom is -0.497 e.